The minimum atomic E-state index is 0.0774. The SMILES string of the molecule is CN1C(=O)COc2ccccc2CCCC[C@H]2CN(Cc3ccccn3)CC[C@H]21. The van der Waals surface area contributed by atoms with Crippen molar-refractivity contribution in [2.24, 2.45) is 5.92 Å². The van der Waals surface area contributed by atoms with E-state index in [4.69, 9.17) is 4.74 Å². The maximum atomic E-state index is 12.8. The summed E-state index contributed by atoms with van der Waals surface area (Å²) < 4.78 is 5.91. The Hall–Kier alpha value is -2.40. The zero-order valence-corrected chi connectivity index (χ0v) is 17.3. The monoisotopic (exact) mass is 393 g/mol. The third kappa shape index (κ3) is 4.96. The molecule has 0 saturated carbocycles. The minimum absolute atomic E-state index is 0.0774. The second kappa shape index (κ2) is 9.40. The third-order valence-electron chi connectivity index (χ3n) is 6.38. The summed E-state index contributed by atoms with van der Waals surface area (Å²) in [5.74, 6) is 1.43. The van der Waals surface area contributed by atoms with E-state index < -0.39 is 0 Å². The molecule has 5 heteroatoms. The molecule has 2 aliphatic heterocycles. The lowest BCUT2D eigenvalue weighted by Crippen LogP contribution is -2.52. The number of carbonyl (C=O) groups excluding carboxylic acids is 1. The standard InChI is InChI=1S/C24H31N3O2/c1-26-22-13-15-27(17-21-11-6-7-14-25-21)16-20(22)10-3-2-8-19-9-4-5-12-23(19)29-18-24(26)28/h4-7,9,11-12,14,20,22H,2-3,8,10,13,15-18H2,1H3/t20-,22+/m0/s1. The van der Waals surface area contributed by atoms with Crippen molar-refractivity contribution in [3.8, 4) is 5.75 Å². The van der Waals surface area contributed by atoms with Crippen LogP contribution in [0.2, 0.25) is 0 Å². The first-order valence-electron chi connectivity index (χ1n) is 10.8. The average Bonchev–Trinajstić information content (AvgIpc) is 2.75. The first-order valence-corrected chi connectivity index (χ1v) is 10.8. The number of rotatable bonds is 2. The zero-order valence-electron chi connectivity index (χ0n) is 17.3. The van der Waals surface area contributed by atoms with Crippen molar-refractivity contribution in [3.63, 3.8) is 0 Å². The first kappa shape index (κ1) is 19.9. The number of pyridine rings is 1. The molecule has 1 amide bonds. The van der Waals surface area contributed by atoms with Crippen LogP contribution in [0.1, 0.15) is 36.9 Å². The molecule has 1 fully saturated rings. The molecular formula is C24H31N3O2. The first-order chi connectivity index (χ1) is 14.2. The van der Waals surface area contributed by atoms with Gasteiger partial charge in [-0.15, -0.1) is 0 Å². The van der Waals surface area contributed by atoms with E-state index >= 15 is 0 Å². The predicted molar refractivity (Wildman–Crippen MR) is 114 cm³/mol. The van der Waals surface area contributed by atoms with E-state index in [9.17, 15) is 4.79 Å². The number of amides is 1. The Bertz CT molecular complexity index is 811. The van der Waals surface area contributed by atoms with E-state index in [1.807, 2.05) is 36.3 Å². The fourth-order valence-electron chi connectivity index (χ4n) is 4.75. The predicted octanol–water partition coefficient (Wildman–Crippen LogP) is 3.54. The number of piperidine rings is 1. The van der Waals surface area contributed by atoms with Crippen LogP contribution in [0, 0.1) is 5.92 Å². The second-order valence-electron chi connectivity index (χ2n) is 8.32. The number of nitrogens with zero attached hydrogens (tertiary/aromatic N) is 3. The fourth-order valence-corrected chi connectivity index (χ4v) is 4.75. The molecule has 1 aromatic heterocycles. The van der Waals surface area contributed by atoms with Crippen molar-refractivity contribution in [2.45, 2.75) is 44.7 Å². The van der Waals surface area contributed by atoms with E-state index in [0.29, 0.717) is 12.0 Å². The highest BCUT2D eigenvalue weighted by molar-refractivity contribution is 5.78. The molecule has 0 radical (unpaired) electrons. The Morgan fingerprint density at radius 1 is 1.10 bits per heavy atom. The number of likely N-dealkylation sites (N-methyl/N-ethyl adjacent to an activating group) is 1. The molecule has 2 aromatic rings. The molecule has 0 N–H and O–H groups in total. The van der Waals surface area contributed by atoms with Crippen LogP contribution in [0.15, 0.2) is 48.7 Å². The molecule has 1 aromatic carbocycles. The summed E-state index contributed by atoms with van der Waals surface area (Å²) in [7, 11) is 1.95. The molecule has 3 heterocycles. The second-order valence-corrected chi connectivity index (χ2v) is 8.32. The van der Waals surface area contributed by atoms with Gasteiger partial charge in [-0.1, -0.05) is 30.7 Å². The van der Waals surface area contributed by atoms with E-state index in [1.54, 1.807) is 0 Å². The molecule has 29 heavy (non-hydrogen) atoms. The van der Waals surface area contributed by atoms with Crippen molar-refractivity contribution >= 4 is 5.91 Å². The van der Waals surface area contributed by atoms with Crippen LogP contribution >= 0.6 is 0 Å². The maximum absolute atomic E-state index is 12.8. The summed E-state index contributed by atoms with van der Waals surface area (Å²) in [5.41, 5.74) is 2.33. The van der Waals surface area contributed by atoms with Gasteiger partial charge in [0.2, 0.25) is 0 Å². The number of likely N-dealkylation sites (tertiary alicyclic amines) is 1. The lowest BCUT2D eigenvalue weighted by atomic mass is 9.86. The van der Waals surface area contributed by atoms with Gasteiger partial charge in [-0.25, -0.2) is 0 Å². The highest BCUT2D eigenvalue weighted by atomic mass is 16.5. The summed E-state index contributed by atoms with van der Waals surface area (Å²) in [6.07, 6.45) is 7.37. The van der Waals surface area contributed by atoms with Gasteiger partial charge in [0.25, 0.3) is 5.91 Å². The Morgan fingerprint density at radius 2 is 1.97 bits per heavy atom. The van der Waals surface area contributed by atoms with Crippen LogP contribution in [-0.2, 0) is 17.8 Å². The lowest BCUT2D eigenvalue weighted by molar-refractivity contribution is -0.136. The Labute approximate surface area is 173 Å². The highest BCUT2D eigenvalue weighted by Gasteiger charge is 2.34. The topological polar surface area (TPSA) is 45.7 Å². The summed E-state index contributed by atoms with van der Waals surface area (Å²) in [6, 6.07) is 14.5. The molecular weight excluding hydrogens is 362 g/mol. The molecule has 0 bridgehead atoms. The number of aryl methyl sites for hydroxylation is 1. The van der Waals surface area contributed by atoms with Crippen molar-refractivity contribution in [1.82, 2.24) is 14.8 Å². The molecule has 0 unspecified atom stereocenters. The molecule has 4 rings (SSSR count). The molecule has 2 aliphatic rings. The van der Waals surface area contributed by atoms with Gasteiger partial charge in [0.05, 0.1) is 5.69 Å². The van der Waals surface area contributed by atoms with E-state index in [-0.39, 0.29) is 12.5 Å². The maximum Gasteiger partial charge on any atom is 0.260 e. The van der Waals surface area contributed by atoms with E-state index in [2.05, 4.69) is 34.1 Å². The summed E-state index contributed by atoms with van der Waals surface area (Å²) in [5, 5.41) is 0. The van der Waals surface area contributed by atoms with Gasteiger partial charge in [-0.2, -0.15) is 0 Å². The molecule has 154 valence electrons. The van der Waals surface area contributed by atoms with Crippen LogP contribution in [0.25, 0.3) is 0 Å². The van der Waals surface area contributed by atoms with Crippen molar-refractivity contribution in [3.05, 3.63) is 59.9 Å². The molecule has 5 nitrogen and oxygen atoms in total. The number of aromatic nitrogens is 1. The molecule has 0 aliphatic carbocycles. The number of benzene rings is 1. The van der Waals surface area contributed by atoms with E-state index in [1.165, 1.54) is 12.0 Å². The number of carbonyl (C=O) groups is 1. The summed E-state index contributed by atoms with van der Waals surface area (Å²) in [6.45, 7) is 3.03. The van der Waals surface area contributed by atoms with Crippen LogP contribution in [0.5, 0.6) is 5.75 Å². The van der Waals surface area contributed by atoms with Gasteiger partial charge in [0, 0.05) is 38.9 Å². The third-order valence-corrected chi connectivity index (χ3v) is 6.38. The number of hydrogen-bond donors (Lipinski definition) is 0. The van der Waals surface area contributed by atoms with Gasteiger partial charge >= 0.3 is 0 Å². The van der Waals surface area contributed by atoms with E-state index in [0.717, 1.165) is 56.8 Å². The van der Waals surface area contributed by atoms with Crippen LogP contribution < -0.4 is 4.74 Å². The van der Waals surface area contributed by atoms with Crippen LogP contribution in [0.4, 0.5) is 0 Å². The zero-order chi connectivity index (χ0) is 20.1. The Morgan fingerprint density at radius 3 is 2.83 bits per heavy atom. The van der Waals surface area contributed by atoms with Crippen LogP contribution in [0.3, 0.4) is 0 Å². The van der Waals surface area contributed by atoms with Crippen molar-refractivity contribution in [1.29, 1.82) is 0 Å². The average molecular weight is 394 g/mol. The molecule has 1 saturated heterocycles. The minimum Gasteiger partial charge on any atom is -0.483 e. The van der Waals surface area contributed by atoms with Gasteiger partial charge in [-0.05, 0) is 55.4 Å². The van der Waals surface area contributed by atoms with Crippen molar-refractivity contribution in [2.75, 3.05) is 26.7 Å². The smallest absolute Gasteiger partial charge is 0.260 e. The largest absolute Gasteiger partial charge is 0.483 e. The number of ether oxygens (including phenoxy) is 1. The number of fused-ring (bicyclic) bond motifs is 2. The lowest BCUT2D eigenvalue weighted by Gasteiger charge is -2.43. The Kier molecular flexibility index (Phi) is 6.45. The van der Waals surface area contributed by atoms with Crippen molar-refractivity contribution < 1.29 is 9.53 Å². The summed E-state index contributed by atoms with van der Waals surface area (Å²) >= 11 is 0. The fraction of sp³-hybridized carbons (Fsp3) is 0.500. The quantitative estimate of drug-likeness (QED) is 0.783. The van der Waals surface area contributed by atoms with Gasteiger partial charge in [0.1, 0.15) is 5.75 Å². The van der Waals surface area contributed by atoms with Gasteiger partial charge < -0.3 is 9.64 Å². The number of hydrogen-bond acceptors (Lipinski definition) is 4. The molecule has 0 spiro atoms. The highest BCUT2D eigenvalue weighted by Crippen LogP contribution is 2.29. The number of para-hydroxylation sites is 1. The van der Waals surface area contributed by atoms with Crippen LogP contribution in [-0.4, -0.2) is 53.5 Å². The molecule has 2 atom stereocenters. The Balaban J connectivity index is 1.46. The van der Waals surface area contributed by atoms with Gasteiger partial charge in [-0.3, -0.25) is 14.7 Å². The normalized spacial score (nSPS) is 23.9. The van der Waals surface area contributed by atoms with Gasteiger partial charge in [0.15, 0.2) is 6.61 Å². The summed E-state index contributed by atoms with van der Waals surface area (Å²) in [4.78, 5) is 21.8.